The number of carbonyl (C=O) groups is 1. The molecule has 2 N–H and O–H groups in total. The number of hydrogen-bond donors (Lipinski definition) is 2. The molecule has 1 aliphatic rings. The van der Waals surface area contributed by atoms with Crippen molar-refractivity contribution < 1.29 is 9.53 Å². The van der Waals surface area contributed by atoms with Crippen LogP contribution in [0.2, 0.25) is 0 Å². The Kier molecular flexibility index (Phi) is 6.54. The SMILES string of the molecule is CCC(=O)Nc1ccc(N2C(=S)N[C@@H](c3ccccn3)[C@@H]2c2ccc(Br)s2)cc1OC. The number of benzene rings is 1. The van der Waals surface area contributed by atoms with Crippen molar-refractivity contribution in [2.75, 3.05) is 17.3 Å². The molecule has 9 heteroatoms. The van der Waals surface area contributed by atoms with Gasteiger partial charge in [0.25, 0.3) is 0 Å². The van der Waals surface area contributed by atoms with Gasteiger partial charge >= 0.3 is 0 Å². The second kappa shape index (κ2) is 9.33. The molecule has 0 unspecified atom stereocenters. The fourth-order valence-corrected chi connectivity index (χ4v) is 5.48. The van der Waals surface area contributed by atoms with E-state index in [4.69, 9.17) is 17.0 Å². The molecule has 1 fully saturated rings. The van der Waals surface area contributed by atoms with Gasteiger partial charge in [0.1, 0.15) is 5.75 Å². The zero-order valence-electron chi connectivity index (χ0n) is 17.0. The van der Waals surface area contributed by atoms with E-state index in [9.17, 15) is 4.79 Å². The van der Waals surface area contributed by atoms with E-state index in [2.05, 4.69) is 42.5 Å². The molecule has 0 aliphatic carbocycles. The standard InChI is InChI=1S/C22H21BrN4O2S2/c1-3-19(28)25-14-8-7-13(12-16(14)29-2)27-21(17-9-10-18(23)31-17)20(26-22(27)30)15-6-4-5-11-24-15/h4-12,20-21H,3H2,1-2H3,(H,25,28)(H,26,30)/t20-,21-/m0/s1. The smallest absolute Gasteiger partial charge is 0.224 e. The van der Waals surface area contributed by atoms with Gasteiger partial charge in [0.05, 0.1) is 34.4 Å². The molecule has 3 heterocycles. The van der Waals surface area contributed by atoms with Gasteiger partial charge in [-0.1, -0.05) is 13.0 Å². The lowest BCUT2D eigenvalue weighted by molar-refractivity contribution is -0.115. The third-order valence-corrected chi connectivity index (χ3v) is 7.05. The molecule has 0 spiro atoms. The number of carbonyl (C=O) groups excluding carboxylic acids is 1. The number of aromatic nitrogens is 1. The number of ether oxygens (including phenoxy) is 1. The molecule has 4 rings (SSSR count). The van der Waals surface area contributed by atoms with E-state index in [0.717, 1.165) is 20.0 Å². The maximum atomic E-state index is 11.9. The summed E-state index contributed by atoms with van der Waals surface area (Å²) in [6.45, 7) is 1.81. The van der Waals surface area contributed by atoms with Gasteiger partial charge in [-0.25, -0.2) is 0 Å². The van der Waals surface area contributed by atoms with Crippen LogP contribution in [0.5, 0.6) is 5.75 Å². The van der Waals surface area contributed by atoms with Crippen LogP contribution in [0.1, 0.15) is 36.0 Å². The third kappa shape index (κ3) is 4.44. The number of hydrogen-bond acceptors (Lipinski definition) is 5. The molecule has 0 bridgehead atoms. The van der Waals surface area contributed by atoms with Gasteiger partial charge in [0.2, 0.25) is 5.91 Å². The number of amides is 1. The minimum atomic E-state index is -0.107. The number of nitrogens with zero attached hydrogens (tertiary/aromatic N) is 2. The van der Waals surface area contributed by atoms with Gasteiger partial charge in [-0.05, 0) is 64.5 Å². The highest BCUT2D eigenvalue weighted by Gasteiger charge is 2.41. The number of halogens is 1. The summed E-state index contributed by atoms with van der Waals surface area (Å²) < 4.78 is 6.61. The van der Waals surface area contributed by atoms with Crippen molar-refractivity contribution in [3.63, 3.8) is 0 Å². The van der Waals surface area contributed by atoms with Crippen LogP contribution in [0.15, 0.2) is 58.5 Å². The Bertz CT molecular complexity index is 1110. The summed E-state index contributed by atoms with van der Waals surface area (Å²) in [5, 5.41) is 6.93. The molecule has 2 atom stereocenters. The van der Waals surface area contributed by atoms with Crippen molar-refractivity contribution in [3.8, 4) is 5.75 Å². The molecule has 160 valence electrons. The second-order valence-corrected chi connectivity index (χ2v) is 9.81. The summed E-state index contributed by atoms with van der Waals surface area (Å²) in [6, 6.07) is 15.5. The van der Waals surface area contributed by atoms with Gasteiger partial charge in [-0.3, -0.25) is 9.78 Å². The number of nitrogens with one attached hydrogen (secondary N) is 2. The van der Waals surface area contributed by atoms with Crippen LogP contribution < -0.4 is 20.3 Å². The summed E-state index contributed by atoms with van der Waals surface area (Å²) in [5.74, 6) is 0.510. The number of pyridine rings is 1. The molecule has 3 aromatic rings. The molecule has 2 aromatic heterocycles. The number of rotatable bonds is 6. The van der Waals surface area contributed by atoms with Gasteiger partial charge in [0, 0.05) is 29.2 Å². The zero-order valence-corrected chi connectivity index (χ0v) is 20.2. The van der Waals surface area contributed by atoms with Crippen molar-refractivity contribution in [2.45, 2.75) is 25.4 Å². The molecule has 1 amide bonds. The normalized spacial score (nSPS) is 18.0. The van der Waals surface area contributed by atoms with E-state index in [1.54, 1.807) is 24.6 Å². The number of methoxy groups -OCH3 is 1. The van der Waals surface area contributed by atoms with Gasteiger partial charge in [-0.15, -0.1) is 11.3 Å². The average molecular weight is 517 g/mol. The number of thiophene rings is 1. The van der Waals surface area contributed by atoms with E-state index < -0.39 is 0 Å². The number of thiocarbonyl (C=S) groups is 1. The third-order valence-electron chi connectivity index (χ3n) is 5.04. The van der Waals surface area contributed by atoms with Crippen LogP contribution in [0.3, 0.4) is 0 Å². The summed E-state index contributed by atoms with van der Waals surface area (Å²) in [7, 11) is 1.59. The average Bonchev–Trinajstić information content (AvgIpc) is 3.37. The molecular formula is C22H21BrN4O2S2. The number of anilines is 2. The first-order valence-corrected chi connectivity index (χ1v) is 11.8. The molecule has 0 saturated carbocycles. The van der Waals surface area contributed by atoms with Crippen molar-refractivity contribution in [1.29, 1.82) is 0 Å². The van der Waals surface area contributed by atoms with Crippen LogP contribution in [0, 0.1) is 0 Å². The predicted octanol–water partition coefficient (Wildman–Crippen LogP) is 5.44. The maximum absolute atomic E-state index is 11.9. The van der Waals surface area contributed by atoms with Crippen LogP contribution in [-0.2, 0) is 4.79 Å². The highest BCUT2D eigenvalue weighted by Crippen LogP contribution is 2.45. The predicted molar refractivity (Wildman–Crippen MR) is 132 cm³/mol. The highest BCUT2D eigenvalue weighted by atomic mass is 79.9. The summed E-state index contributed by atoms with van der Waals surface area (Å²) in [5.41, 5.74) is 2.42. The lowest BCUT2D eigenvalue weighted by Gasteiger charge is -2.27. The fourth-order valence-electron chi connectivity index (χ4n) is 3.58. The topological polar surface area (TPSA) is 66.5 Å². The largest absolute Gasteiger partial charge is 0.494 e. The first-order valence-electron chi connectivity index (χ1n) is 9.75. The van der Waals surface area contributed by atoms with Crippen LogP contribution in [0.25, 0.3) is 0 Å². The maximum Gasteiger partial charge on any atom is 0.224 e. The Morgan fingerprint density at radius 3 is 2.81 bits per heavy atom. The van der Waals surface area contributed by atoms with Crippen LogP contribution in [0.4, 0.5) is 11.4 Å². The van der Waals surface area contributed by atoms with Crippen molar-refractivity contribution >= 4 is 61.9 Å². The van der Waals surface area contributed by atoms with Crippen molar-refractivity contribution in [1.82, 2.24) is 10.3 Å². The van der Waals surface area contributed by atoms with Gasteiger partial charge in [-0.2, -0.15) is 0 Å². The lowest BCUT2D eigenvalue weighted by Crippen LogP contribution is -2.29. The molecular weight excluding hydrogens is 496 g/mol. The molecule has 31 heavy (non-hydrogen) atoms. The summed E-state index contributed by atoms with van der Waals surface area (Å²) >= 11 is 11.0. The molecule has 0 radical (unpaired) electrons. The van der Waals surface area contributed by atoms with E-state index in [1.165, 1.54) is 0 Å². The minimum absolute atomic E-state index is 0.0686. The lowest BCUT2D eigenvalue weighted by atomic mass is 10.0. The highest BCUT2D eigenvalue weighted by molar-refractivity contribution is 9.11. The Hall–Kier alpha value is -2.49. The van der Waals surface area contributed by atoms with E-state index >= 15 is 0 Å². The molecule has 6 nitrogen and oxygen atoms in total. The fraction of sp³-hybridized carbons (Fsp3) is 0.227. The molecule has 1 aliphatic heterocycles. The van der Waals surface area contributed by atoms with Gasteiger partial charge in [0.15, 0.2) is 5.11 Å². The Labute approximate surface area is 198 Å². The summed E-state index contributed by atoms with van der Waals surface area (Å²) in [4.78, 5) is 19.7. The van der Waals surface area contributed by atoms with Crippen molar-refractivity contribution in [3.05, 3.63) is 69.1 Å². The van der Waals surface area contributed by atoms with E-state index in [0.29, 0.717) is 23.0 Å². The summed E-state index contributed by atoms with van der Waals surface area (Å²) in [6.07, 6.45) is 2.18. The Balaban J connectivity index is 1.76. The first-order chi connectivity index (χ1) is 15.0. The Morgan fingerprint density at radius 2 is 2.16 bits per heavy atom. The first kappa shape index (κ1) is 21.7. The minimum Gasteiger partial charge on any atom is -0.494 e. The second-order valence-electron chi connectivity index (χ2n) is 6.92. The van der Waals surface area contributed by atoms with E-state index in [-0.39, 0.29) is 18.0 Å². The monoisotopic (exact) mass is 516 g/mol. The molecule has 1 aromatic carbocycles. The van der Waals surface area contributed by atoms with E-state index in [1.807, 2.05) is 49.4 Å². The van der Waals surface area contributed by atoms with Gasteiger partial charge < -0.3 is 20.3 Å². The van der Waals surface area contributed by atoms with Crippen LogP contribution >= 0.6 is 39.5 Å². The van der Waals surface area contributed by atoms with Crippen LogP contribution in [-0.4, -0.2) is 23.1 Å². The molecule has 1 saturated heterocycles. The Morgan fingerprint density at radius 1 is 1.32 bits per heavy atom. The zero-order chi connectivity index (χ0) is 22.0. The van der Waals surface area contributed by atoms with Crippen molar-refractivity contribution in [2.24, 2.45) is 0 Å². The quantitative estimate of drug-likeness (QED) is 0.425.